The van der Waals surface area contributed by atoms with Crippen molar-refractivity contribution in [1.29, 1.82) is 0 Å². The molecule has 31 heavy (non-hydrogen) atoms. The lowest BCUT2D eigenvalue weighted by molar-refractivity contribution is -0.138. The van der Waals surface area contributed by atoms with Gasteiger partial charge in [-0.05, 0) is 43.9 Å². The van der Waals surface area contributed by atoms with Gasteiger partial charge < -0.3 is 9.84 Å². The van der Waals surface area contributed by atoms with Gasteiger partial charge in [-0.15, -0.1) is 0 Å². The summed E-state index contributed by atoms with van der Waals surface area (Å²) in [6.07, 6.45) is 6.97. The van der Waals surface area contributed by atoms with E-state index in [1.165, 1.54) is 38.2 Å². The molecular weight excluding hydrogens is 403 g/mol. The first kappa shape index (κ1) is 23.8. The molecule has 1 aliphatic rings. The third kappa shape index (κ3) is 7.06. The molecule has 0 amide bonds. The minimum Gasteiger partial charge on any atom is -0.339 e. The zero-order chi connectivity index (χ0) is 22.1. The first-order valence-electron chi connectivity index (χ1n) is 11.7. The molecule has 1 unspecified atom stereocenters. The standard InChI is InChI=1S/C24H34F3N3O/c1-2-3-4-5-6-7-8-9-11-18-13-14-19(16-21(18)24(25,26)27)22-29-23(31-30-22)20-12-10-15-28-17-20/h13-14,16,20,28H,2-12,15,17H2,1H3. The smallest absolute Gasteiger partial charge is 0.339 e. The molecule has 0 bridgehead atoms. The van der Waals surface area contributed by atoms with Gasteiger partial charge >= 0.3 is 6.18 Å². The van der Waals surface area contributed by atoms with Crippen LogP contribution in [0.3, 0.4) is 0 Å². The Balaban J connectivity index is 1.62. The molecule has 7 heteroatoms. The van der Waals surface area contributed by atoms with Crippen LogP contribution in [0.25, 0.3) is 11.4 Å². The van der Waals surface area contributed by atoms with E-state index >= 15 is 0 Å². The molecule has 3 rings (SSSR count). The van der Waals surface area contributed by atoms with Gasteiger partial charge in [0.25, 0.3) is 0 Å². The molecular formula is C24H34F3N3O. The van der Waals surface area contributed by atoms with Gasteiger partial charge in [-0.2, -0.15) is 18.2 Å². The van der Waals surface area contributed by atoms with E-state index in [0.29, 0.717) is 23.4 Å². The van der Waals surface area contributed by atoms with Crippen LogP contribution in [0.1, 0.15) is 94.1 Å². The fourth-order valence-electron chi connectivity index (χ4n) is 4.23. The molecule has 1 N–H and O–H groups in total. The number of unbranched alkanes of at least 4 members (excludes halogenated alkanes) is 7. The number of nitrogens with one attached hydrogen (secondary N) is 1. The van der Waals surface area contributed by atoms with Crippen molar-refractivity contribution in [2.75, 3.05) is 13.1 Å². The van der Waals surface area contributed by atoms with Crippen molar-refractivity contribution in [3.63, 3.8) is 0 Å². The minimum absolute atomic E-state index is 0.123. The molecule has 4 nitrogen and oxygen atoms in total. The van der Waals surface area contributed by atoms with Crippen LogP contribution in [-0.2, 0) is 12.6 Å². The highest BCUT2D eigenvalue weighted by atomic mass is 19.4. The van der Waals surface area contributed by atoms with Crippen LogP contribution in [0.2, 0.25) is 0 Å². The van der Waals surface area contributed by atoms with Crippen LogP contribution in [0.4, 0.5) is 13.2 Å². The second-order valence-electron chi connectivity index (χ2n) is 8.59. The number of hydrogen-bond acceptors (Lipinski definition) is 4. The Bertz CT molecular complexity index is 798. The molecule has 1 atom stereocenters. The molecule has 1 aromatic heterocycles. The number of benzene rings is 1. The monoisotopic (exact) mass is 437 g/mol. The van der Waals surface area contributed by atoms with Gasteiger partial charge in [0.2, 0.25) is 11.7 Å². The Morgan fingerprint density at radius 2 is 1.81 bits per heavy atom. The van der Waals surface area contributed by atoms with E-state index in [1.807, 2.05) is 0 Å². The minimum atomic E-state index is -4.40. The van der Waals surface area contributed by atoms with Crippen molar-refractivity contribution >= 4 is 0 Å². The average molecular weight is 438 g/mol. The number of nitrogens with zero attached hydrogens (tertiary/aromatic N) is 2. The molecule has 2 aromatic rings. The van der Waals surface area contributed by atoms with Crippen molar-refractivity contribution in [2.45, 2.75) is 89.6 Å². The third-order valence-electron chi connectivity index (χ3n) is 6.06. The van der Waals surface area contributed by atoms with Crippen LogP contribution in [0.15, 0.2) is 22.7 Å². The number of hydrogen-bond donors (Lipinski definition) is 1. The van der Waals surface area contributed by atoms with Gasteiger partial charge in [0.1, 0.15) is 0 Å². The summed E-state index contributed by atoms with van der Waals surface area (Å²) in [5, 5.41) is 7.23. The Morgan fingerprint density at radius 1 is 1.06 bits per heavy atom. The van der Waals surface area contributed by atoms with Gasteiger partial charge in [0, 0.05) is 12.1 Å². The van der Waals surface area contributed by atoms with E-state index in [4.69, 9.17) is 4.52 Å². The van der Waals surface area contributed by atoms with Crippen LogP contribution in [0.5, 0.6) is 0 Å². The number of rotatable bonds is 11. The van der Waals surface area contributed by atoms with E-state index in [0.717, 1.165) is 45.2 Å². The first-order chi connectivity index (χ1) is 15.0. The van der Waals surface area contributed by atoms with Gasteiger partial charge in [-0.3, -0.25) is 0 Å². The van der Waals surface area contributed by atoms with Crippen molar-refractivity contribution in [2.24, 2.45) is 0 Å². The fourth-order valence-corrected chi connectivity index (χ4v) is 4.23. The molecule has 2 heterocycles. The summed E-state index contributed by atoms with van der Waals surface area (Å²) in [6, 6.07) is 4.44. The van der Waals surface area contributed by atoms with Crippen LogP contribution in [-0.4, -0.2) is 23.2 Å². The highest BCUT2D eigenvalue weighted by Gasteiger charge is 2.34. The zero-order valence-corrected chi connectivity index (χ0v) is 18.4. The number of halogens is 3. The first-order valence-corrected chi connectivity index (χ1v) is 11.7. The lowest BCUT2D eigenvalue weighted by Crippen LogP contribution is -2.28. The largest absolute Gasteiger partial charge is 0.416 e. The summed E-state index contributed by atoms with van der Waals surface area (Å²) in [4.78, 5) is 4.39. The highest BCUT2D eigenvalue weighted by Crippen LogP contribution is 2.35. The highest BCUT2D eigenvalue weighted by molar-refractivity contribution is 5.57. The van der Waals surface area contributed by atoms with E-state index in [9.17, 15) is 13.2 Å². The van der Waals surface area contributed by atoms with Gasteiger partial charge in [-0.25, -0.2) is 0 Å². The Kier molecular flexibility index (Phi) is 8.93. The number of aromatic nitrogens is 2. The summed E-state index contributed by atoms with van der Waals surface area (Å²) >= 11 is 0. The predicted octanol–water partition coefficient (Wildman–Crippen LogP) is 6.91. The van der Waals surface area contributed by atoms with Crippen molar-refractivity contribution in [1.82, 2.24) is 15.5 Å². The van der Waals surface area contributed by atoms with E-state index < -0.39 is 11.7 Å². The van der Waals surface area contributed by atoms with E-state index in [1.54, 1.807) is 12.1 Å². The second kappa shape index (κ2) is 11.7. The van der Waals surface area contributed by atoms with Gasteiger partial charge in [-0.1, -0.05) is 69.2 Å². The lowest BCUT2D eigenvalue weighted by Gasteiger charge is -2.18. The molecule has 0 radical (unpaired) electrons. The summed E-state index contributed by atoms with van der Waals surface area (Å²) < 4.78 is 46.5. The zero-order valence-electron chi connectivity index (χ0n) is 18.4. The van der Waals surface area contributed by atoms with E-state index in [-0.39, 0.29) is 11.7 Å². The summed E-state index contributed by atoms with van der Waals surface area (Å²) in [5.74, 6) is 0.849. The number of alkyl halides is 3. The summed E-state index contributed by atoms with van der Waals surface area (Å²) in [5.41, 5.74) is 0.117. The van der Waals surface area contributed by atoms with Crippen LogP contribution in [0, 0.1) is 0 Å². The Hall–Kier alpha value is -1.89. The Labute approximate surface area is 183 Å². The normalized spacial score (nSPS) is 17.2. The predicted molar refractivity (Wildman–Crippen MR) is 116 cm³/mol. The molecule has 1 fully saturated rings. The second-order valence-corrected chi connectivity index (χ2v) is 8.59. The molecule has 1 saturated heterocycles. The molecule has 1 aromatic carbocycles. The van der Waals surface area contributed by atoms with E-state index in [2.05, 4.69) is 22.4 Å². The number of piperidine rings is 1. The lowest BCUT2D eigenvalue weighted by atomic mass is 9.97. The average Bonchev–Trinajstić information content (AvgIpc) is 3.26. The van der Waals surface area contributed by atoms with Crippen LogP contribution >= 0.6 is 0 Å². The SMILES string of the molecule is CCCCCCCCCCc1ccc(-c2noc(C3CCCNC3)n2)cc1C(F)(F)F. The fraction of sp³-hybridized carbons (Fsp3) is 0.667. The summed E-state index contributed by atoms with van der Waals surface area (Å²) in [7, 11) is 0. The maximum Gasteiger partial charge on any atom is 0.416 e. The van der Waals surface area contributed by atoms with Crippen LogP contribution < -0.4 is 5.32 Å². The summed E-state index contributed by atoms with van der Waals surface area (Å²) in [6.45, 7) is 3.91. The quantitative estimate of drug-likeness (QED) is 0.388. The molecule has 0 saturated carbocycles. The Morgan fingerprint density at radius 3 is 2.48 bits per heavy atom. The maximum atomic E-state index is 13.7. The van der Waals surface area contributed by atoms with Crippen molar-refractivity contribution < 1.29 is 17.7 Å². The third-order valence-corrected chi connectivity index (χ3v) is 6.06. The number of aryl methyl sites for hydroxylation is 1. The topological polar surface area (TPSA) is 51.0 Å². The van der Waals surface area contributed by atoms with Crippen molar-refractivity contribution in [3.05, 3.63) is 35.2 Å². The van der Waals surface area contributed by atoms with Crippen molar-refractivity contribution in [3.8, 4) is 11.4 Å². The molecule has 1 aliphatic heterocycles. The molecule has 0 aliphatic carbocycles. The van der Waals surface area contributed by atoms with Gasteiger partial charge in [0.05, 0.1) is 11.5 Å². The molecule has 0 spiro atoms. The maximum absolute atomic E-state index is 13.7. The van der Waals surface area contributed by atoms with Gasteiger partial charge in [0.15, 0.2) is 0 Å². The molecule has 172 valence electrons.